The van der Waals surface area contributed by atoms with Crippen LogP contribution in [0.5, 0.6) is 11.5 Å². The molecule has 0 aliphatic carbocycles. The number of aryl methyl sites for hydroxylation is 2. The number of ether oxygens (including phenoxy) is 2. The predicted molar refractivity (Wildman–Crippen MR) is 147 cm³/mol. The van der Waals surface area contributed by atoms with Crippen molar-refractivity contribution in [3.8, 4) is 11.5 Å². The maximum atomic E-state index is 13.5. The second-order valence-electron chi connectivity index (χ2n) is 9.80. The molecule has 0 aromatic heterocycles. The molecule has 1 N–H and O–H groups in total. The maximum absolute atomic E-state index is 13.5. The van der Waals surface area contributed by atoms with E-state index in [0.29, 0.717) is 43.0 Å². The van der Waals surface area contributed by atoms with Gasteiger partial charge in [-0.2, -0.15) is 0 Å². The lowest BCUT2D eigenvalue weighted by molar-refractivity contribution is -0.204. The van der Waals surface area contributed by atoms with E-state index in [9.17, 15) is 14.7 Å². The van der Waals surface area contributed by atoms with Gasteiger partial charge in [0.05, 0.1) is 5.92 Å². The minimum Gasteiger partial charge on any atom is -0.475 e. The molecule has 1 aliphatic heterocycles. The summed E-state index contributed by atoms with van der Waals surface area (Å²) in [5.41, 5.74) is 2.28. The van der Waals surface area contributed by atoms with Crippen LogP contribution in [-0.4, -0.2) is 40.8 Å². The highest BCUT2D eigenvalue weighted by Crippen LogP contribution is 2.38. The van der Waals surface area contributed by atoms with Gasteiger partial charge in [-0.15, -0.1) is 0 Å². The van der Waals surface area contributed by atoms with E-state index in [1.807, 2.05) is 92.7 Å². The molecule has 1 amide bonds. The first kappa shape index (κ1) is 25.3. The second-order valence-corrected chi connectivity index (χ2v) is 9.80. The summed E-state index contributed by atoms with van der Waals surface area (Å²) in [5, 5.41) is 12.5. The largest absolute Gasteiger partial charge is 0.475 e. The summed E-state index contributed by atoms with van der Waals surface area (Å²) >= 11 is 0. The van der Waals surface area contributed by atoms with E-state index in [4.69, 9.17) is 9.47 Å². The number of hydrogen-bond acceptors (Lipinski definition) is 4. The third-order valence-corrected chi connectivity index (χ3v) is 7.35. The van der Waals surface area contributed by atoms with Gasteiger partial charge >= 0.3 is 11.8 Å². The van der Waals surface area contributed by atoms with Crippen molar-refractivity contribution in [2.45, 2.75) is 32.5 Å². The Morgan fingerprint density at radius 3 is 1.87 bits per heavy atom. The molecule has 0 atom stereocenters. The normalized spacial score (nSPS) is 14.3. The quantitative estimate of drug-likeness (QED) is 0.298. The molecule has 6 heteroatoms. The molecule has 0 bridgehead atoms. The number of hydrogen-bond donors (Lipinski definition) is 1. The molecule has 1 fully saturated rings. The van der Waals surface area contributed by atoms with Crippen molar-refractivity contribution in [1.29, 1.82) is 0 Å². The van der Waals surface area contributed by atoms with Crippen LogP contribution in [0.25, 0.3) is 10.8 Å². The van der Waals surface area contributed by atoms with Crippen molar-refractivity contribution in [2.75, 3.05) is 13.1 Å². The van der Waals surface area contributed by atoms with Crippen molar-refractivity contribution >= 4 is 22.6 Å². The van der Waals surface area contributed by atoms with Gasteiger partial charge in [0, 0.05) is 18.7 Å². The summed E-state index contributed by atoms with van der Waals surface area (Å²) in [4.78, 5) is 28.3. The molecule has 4 aromatic carbocycles. The molecule has 38 heavy (non-hydrogen) atoms. The van der Waals surface area contributed by atoms with Crippen LogP contribution < -0.4 is 9.47 Å². The van der Waals surface area contributed by atoms with E-state index in [0.717, 1.165) is 21.9 Å². The Morgan fingerprint density at radius 1 is 0.763 bits per heavy atom. The molecule has 6 nitrogen and oxygen atoms in total. The van der Waals surface area contributed by atoms with Crippen LogP contribution in [0, 0.1) is 19.8 Å². The summed E-state index contributed by atoms with van der Waals surface area (Å²) in [5.74, 6) is -2.78. The van der Waals surface area contributed by atoms with Gasteiger partial charge in [-0.1, -0.05) is 72.8 Å². The molecule has 5 rings (SSSR count). The average Bonchev–Trinajstić information content (AvgIpc) is 2.94. The number of piperidine rings is 1. The molecule has 0 saturated carbocycles. The molecule has 0 spiro atoms. The van der Waals surface area contributed by atoms with E-state index in [1.165, 1.54) is 0 Å². The molecule has 0 radical (unpaired) electrons. The Kier molecular flexibility index (Phi) is 7.05. The highest BCUT2D eigenvalue weighted by Gasteiger charge is 2.53. The van der Waals surface area contributed by atoms with Crippen LogP contribution in [0.2, 0.25) is 0 Å². The first-order chi connectivity index (χ1) is 18.4. The van der Waals surface area contributed by atoms with Crippen LogP contribution in [0.1, 0.15) is 34.3 Å². The standard InChI is InChI=1S/C32H31NO5/c1-22-10-3-7-16-28(22)37-32(31(35)36,38-29-17-8-4-11-23(29)2)25-18-20-33(21-19-25)30(34)27-15-9-13-24-12-5-6-14-26(24)27/h3-17,25H,18-21H2,1-2H3,(H,35,36). The van der Waals surface area contributed by atoms with Crippen LogP contribution in [0.4, 0.5) is 0 Å². The second kappa shape index (κ2) is 10.6. The van der Waals surface area contributed by atoms with Crippen molar-refractivity contribution in [3.63, 3.8) is 0 Å². The van der Waals surface area contributed by atoms with E-state index in [1.54, 1.807) is 17.0 Å². The van der Waals surface area contributed by atoms with Gasteiger partial charge in [0.2, 0.25) is 0 Å². The van der Waals surface area contributed by atoms with E-state index in [2.05, 4.69) is 0 Å². The Labute approximate surface area is 222 Å². The number of benzene rings is 4. The minimum absolute atomic E-state index is 0.0548. The van der Waals surface area contributed by atoms with Crippen LogP contribution in [0.15, 0.2) is 91.0 Å². The number of likely N-dealkylation sites (tertiary alicyclic amines) is 1. The van der Waals surface area contributed by atoms with Crippen molar-refractivity contribution in [3.05, 3.63) is 108 Å². The highest BCUT2D eigenvalue weighted by molar-refractivity contribution is 6.07. The fourth-order valence-electron chi connectivity index (χ4n) is 5.16. The van der Waals surface area contributed by atoms with Gasteiger partial charge < -0.3 is 19.5 Å². The number of carboxylic acid groups (broad SMARTS) is 1. The van der Waals surface area contributed by atoms with Gasteiger partial charge in [0.15, 0.2) is 0 Å². The molecular weight excluding hydrogens is 478 g/mol. The number of para-hydroxylation sites is 2. The monoisotopic (exact) mass is 509 g/mol. The van der Waals surface area contributed by atoms with Crippen molar-refractivity contribution < 1.29 is 24.2 Å². The molecule has 1 aliphatic rings. The zero-order valence-corrected chi connectivity index (χ0v) is 21.6. The predicted octanol–water partition coefficient (Wildman–Crippen LogP) is 6.25. The smallest absolute Gasteiger partial charge is 0.390 e. The van der Waals surface area contributed by atoms with E-state index in [-0.39, 0.29) is 5.91 Å². The number of carbonyl (C=O) groups excluding carboxylic acids is 1. The minimum atomic E-state index is -1.95. The Hall–Kier alpha value is -4.32. The zero-order valence-electron chi connectivity index (χ0n) is 21.6. The third-order valence-electron chi connectivity index (χ3n) is 7.35. The van der Waals surface area contributed by atoms with Crippen LogP contribution in [0.3, 0.4) is 0 Å². The van der Waals surface area contributed by atoms with Gasteiger partial charge in [0.1, 0.15) is 11.5 Å². The summed E-state index contributed by atoms with van der Waals surface area (Å²) in [6.07, 6.45) is 0.834. The lowest BCUT2D eigenvalue weighted by Crippen LogP contribution is -2.59. The Balaban J connectivity index is 1.44. The number of rotatable bonds is 7. The summed E-state index contributed by atoms with van der Waals surface area (Å²) < 4.78 is 12.6. The SMILES string of the molecule is Cc1ccccc1OC(Oc1ccccc1C)(C(=O)O)C1CCN(C(=O)c2cccc3ccccc23)CC1. The third kappa shape index (κ3) is 4.82. The maximum Gasteiger partial charge on any atom is 0.390 e. The Morgan fingerprint density at radius 2 is 1.29 bits per heavy atom. The van der Waals surface area contributed by atoms with E-state index < -0.39 is 17.7 Å². The van der Waals surface area contributed by atoms with Gasteiger partial charge in [-0.05, 0) is 66.8 Å². The van der Waals surface area contributed by atoms with Crippen LogP contribution >= 0.6 is 0 Å². The summed E-state index contributed by atoms with van der Waals surface area (Å²) in [7, 11) is 0. The highest BCUT2D eigenvalue weighted by atomic mass is 16.7. The molecule has 1 heterocycles. The zero-order chi connectivity index (χ0) is 26.7. The van der Waals surface area contributed by atoms with Gasteiger partial charge in [0.25, 0.3) is 5.91 Å². The first-order valence-corrected chi connectivity index (χ1v) is 12.9. The number of nitrogens with zero attached hydrogens (tertiary/aromatic N) is 1. The van der Waals surface area contributed by atoms with E-state index >= 15 is 0 Å². The number of fused-ring (bicyclic) bond motifs is 1. The number of carbonyl (C=O) groups is 2. The number of aliphatic carboxylic acids is 1. The fourth-order valence-corrected chi connectivity index (χ4v) is 5.16. The lowest BCUT2D eigenvalue weighted by atomic mass is 9.87. The fraction of sp³-hybridized carbons (Fsp3) is 0.250. The van der Waals surface area contributed by atoms with Crippen molar-refractivity contribution in [1.82, 2.24) is 4.90 Å². The van der Waals surface area contributed by atoms with Crippen molar-refractivity contribution in [2.24, 2.45) is 5.92 Å². The molecule has 0 unspecified atom stereocenters. The molecule has 4 aromatic rings. The van der Waals surface area contributed by atoms with Gasteiger partial charge in [-0.3, -0.25) is 4.79 Å². The Bertz CT molecular complexity index is 1420. The number of carboxylic acids is 1. The molecular formula is C32H31NO5. The molecule has 1 saturated heterocycles. The summed E-state index contributed by atoms with van der Waals surface area (Å²) in [6, 6.07) is 28.2. The topological polar surface area (TPSA) is 76.1 Å². The van der Waals surface area contributed by atoms with Gasteiger partial charge in [-0.25, -0.2) is 4.79 Å². The van der Waals surface area contributed by atoms with Crippen LogP contribution in [-0.2, 0) is 4.79 Å². The first-order valence-electron chi connectivity index (χ1n) is 12.9. The average molecular weight is 510 g/mol. The number of amides is 1. The molecule has 194 valence electrons. The lowest BCUT2D eigenvalue weighted by Gasteiger charge is -2.41. The summed E-state index contributed by atoms with van der Waals surface area (Å²) in [6.45, 7) is 4.55.